The Balaban J connectivity index is 1.78. The summed E-state index contributed by atoms with van der Waals surface area (Å²) in [6.07, 6.45) is 0. The Morgan fingerprint density at radius 3 is 2.48 bits per heavy atom. The lowest BCUT2D eigenvalue weighted by atomic mass is 10.2. The summed E-state index contributed by atoms with van der Waals surface area (Å²) >= 11 is 5.93. The average Bonchev–Trinajstić information content (AvgIpc) is 2.65. The van der Waals surface area contributed by atoms with Crippen molar-refractivity contribution in [2.75, 3.05) is 27.2 Å². The Morgan fingerprint density at radius 2 is 1.85 bits per heavy atom. The number of benzene rings is 2. The van der Waals surface area contributed by atoms with E-state index in [4.69, 9.17) is 16.3 Å². The number of urea groups is 1. The van der Waals surface area contributed by atoms with E-state index in [0.29, 0.717) is 17.3 Å². The zero-order valence-corrected chi connectivity index (χ0v) is 16.7. The van der Waals surface area contributed by atoms with Gasteiger partial charge >= 0.3 is 6.03 Å². The zero-order valence-electron chi connectivity index (χ0n) is 15.1. The first kappa shape index (κ1) is 21.0. The number of methoxy groups -OCH3 is 1. The van der Waals surface area contributed by atoms with Crippen molar-refractivity contribution in [2.24, 2.45) is 0 Å². The van der Waals surface area contributed by atoms with E-state index in [1.54, 1.807) is 31.3 Å². The lowest BCUT2D eigenvalue weighted by Gasteiger charge is -2.18. The van der Waals surface area contributed by atoms with Gasteiger partial charge in [-0.2, -0.15) is 0 Å². The van der Waals surface area contributed by atoms with Gasteiger partial charge in [0.2, 0.25) is 10.0 Å². The lowest BCUT2D eigenvalue weighted by molar-refractivity contribution is 0.207. The molecule has 0 aliphatic heterocycles. The molecule has 0 unspecified atom stereocenters. The zero-order chi connectivity index (χ0) is 19.9. The van der Waals surface area contributed by atoms with E-state index >= 15 is 0 Å². The average molecular weight is 412 g/mol. The van der Waals surface area contributed by atoms with E-state index in [1.165, 1.54) is 24.1 Å². The Morgan fingerprint density at radius 1 is 1.15 bits per heavy atom. The molecule has 2 aromatic carbocycles. The molecule has 0 radical (unpaired) electrons. The smallest absolute Gasteiger partial charge is 0.317 e. The van der Waals surface area contributed by atoms with E-state index < -0.39 is 10.0 Å². The summed E-state index contributed by atoms with van der Waals surface area (Å²) in [7, 11) is -0.484. The number of halogens is 1. The highest BCUT2D eigenvalue weighted by molar-refractivity contribution is 7.89. The van der Waals surface area contributed by atoms with Gasteiger partial charge < -0.3 is 15.0 Å². The van der Waals surface area contributed by atoms with Gasteiger partial charge in [0.1, 0.15) is 5.75 Å². The van der Waals surface area contributed by atoms with Crippen molar-refractivity contribution < 1.29 is 17.9 Å². The van der Waals surface area contributed by atoms with Crippen LogP contribution in [0.5, 0.6) is 5.75 Å². The molecule has 27 heavy (non-hydrogen) atoms. The van der Waals surface area contributed by atoms with Gasteiger partial charge in [0, 0.05) is 31.7 Å². The summed E-state index contributed by atoms with van der Waals surface area (Å²) in [5.74, 6) is 0.573. The van der Waals surface area contributed by atoms with Gasteiger partial charge in [-0.05, 0) is 42.0 Å². The fourth-order valence-corrected chi connectivity index (χ4v) is 3.55. The van der Waals surface area contributed by atoms with Crippen LogP contribution in [-0.2, 0) is 16.6 Å². The molecule has 0 bridgehead atoms. The number of hydrogen-bond donors (Lipinski definition) is 2. The van der Waals surface area contributed by atoms with Gasteiger partial charge in [0.15, 0.2) is 0 Å². The van der Waals surface area contributed by atoms with Crippen LogP contribution in [-0.4, -0.2) is 46.6 Å². The first-order valence-electron chi connectivity index (χ1n) is 8.19. The number of nitrogens with one attached hydrogen (secondary N) is 2. The fourth-order valence-electron chi connectivity index (χ4n) is 2.31. The second-order valence-electron chi connectivity index (χ2n) is 5.79. The van der Waals surface area contributed by atoms with Crippen LogP contribution in [0.25, 0.3) is 0 Å². The molecule has 7 nitrogen and oxygen atoms in total. The molecule has 0 atom stereocenters. The monoisotopic (exact) mass is 411 g/mol. The molecule has 0 aromatic heterocycles. The molecular formula is C18H22ClN3O4S. The molecule has 2 N–H and O–H groups in total. The largest absolute Gasteiger partial charge is 0.497 e. The maximum atomic E-state index is 12.2. The highest BCUT2D eigenvalue weighted by Gasteiger charge is 2.14. The molecule has 2 rings (SSSR count). The van der Waals surface area contributed by atoms with Crippen LogP contribution in [0.4, 0.5) is 4.79 Å². The standard InChI is InChI=1S/C18H22ClN3O4S/c1-22(13-14-4-3-5-15(19)12-14)18(23)20-10-11-21-27(24,25)17-8-6-16(26-2)7-9-17/h3-9,12,21H,10-11,13H2,1-2H3,(H,20,23). The molecule has 0 saturated heterocycles. The fraction of sp³-hybridized carbons (Fsp3) is 0.278. The van der Waals surface area contributed by atoms with Crippen molar-refractivity contribution in [3.63, 3.8) is 0 Å². The predicted molar refractivity (Wildman–Crippen MR) is 105 cm³/mol. The molecular weight excluding hydrogens is 390 g/mol. The van der Waals surface area contributed by atoms with Gasteiger partial charge in [0.25, 0.3) is 0 Å². The molecule has 0 heterocycles. The van der Waals surface area contributed by atoms with Crippen LogP contribution in [0.2, 0.25) is 5.02 Å². The Kier molecular flexibility index (Phi) is 7.46. The normalized spacial score (nSPS) is 11.1. The molecule has 146 valence electrons. The highest BCUT2D eigenvalue weighted by Crippen LogP contribution is 2.15. The maximum absolute atomic E-state index is 12.2. The van der Waals surface area contributed by atoms with Crippen molar-refractivity contribution >= 4 is 27.7 Å². The van der Waals surface area contributed by atoms with Gasteiger partial charge in [-0.1, -0.05) is 23.7 Å². The number of amides is 2. The van der Waals surface area contributed by atoms with Crippen molar-refractivity contribution in [3.05, 3.63) is 59.1 Å². The number of carbonyl (C=O) groups excluding carboxylic acids is 1. The summed E-state index contributed by atoms with van der Waals surface area (Å²) in [6, 6.07) is 13.0. The van der Waals surface area contributed by atoms with Crippen molar-refractivity contribution in [1.82, 2.24) is 14.9 Å². The summed E-state index contributed by atoms with van der Waals surface area (Å²) in [4.78, 5) is 13.7. The molecule has 2 amide bonds. The number of hydrogen-bond acceptors (Lipinski definition) is 4. The summed E-state index contributed by atoms with van der Waals surface area (Å²) < 4.78 is 31.8. The minimum atomic E-state index is -3.64. The van der Waals surface area contributed by atoms with Gasteiger partial charge in [-0.15, -0.1) is 0 Å². The SMILES string of the molecule is COc1ccc(S(=O)(=O)NCCNC(=O)N(C)Cc2cccc(Cl)c2)cc1. The second kappa shape index (κ2) is 9.59. The molecule has 0 spiro atoms. The summed E-state index contributed by atoms with van der Waals surface area (Å²) in [6.45, 7) is 0.628. The first-order chi connectivity index (χ1) is 12.8. The van der Waals surface area contributed by atoms with Gasteiger partial charge in [0.05, 0.1) is 12.0 Å². The Bertz CT molecular complexity index is 872. The van der Waals surface area contributed by atoms with Crippen molar-refractivity contribution in [2.45, 2.75) is 11.4 Å². The van der Waals surface area contributed by atoms with Crippen LogP contribution < -0.4 is 14.8 Å². The number of ether oxygens (including phenoxy) is 1. The van der Waals surface area contributed by atoms with E-state index in [1.807, 2.05) is 12.1 Å². The molecule has 2 aromatic rings. The number of nitrogens with zero attached hydrogens (tertiary/aromatic N) is 1. The minimum Gasteiger partial charge on any atom is -0.497 e. The second-order valence-corrected chi connectivity index (χ2v) is 7.99. The lowest BCUT2D eigenvalue weighted by Crippen LogP contribution is -2.40. The van der Waals surface area contributed by atoms with Crippen molar-refractivity contribution in [1.29, 1.82) is 0 Å². The first-order valence-corrected chi connectivity index (χ1v) is 10.0. The molecule has 0 saturated carbocycles. The maximum Gasteiger partial charge on any atom is 0.317 e. The summed E-state index contributed by atoms with van der Waals surface area (Å²) in [5, 5.41) is 3.27. The molecule has 9 heteroatoms. The van der Waals surface area contributed by atoms with E-state index in [9.17, 15) is 13.2 Å². The van der Waals surface area contributed by atoms with Crippen molar-refractivity contribution in [3.8, 4) is 5.75 Å². The van der Waals surface area contributed by atoms with E-state index in [0.717, 1.165) is 5.56 Å². The van der Waals surface area contributed by atoms with Crippen LogP contribution in [0, 0.1) is 0 Å². The van der Waals surface area contributed by atoms with Crippen LogP contribution in [0.15, 0.2) is 53.4 Å². The van der Waals surface area contributed by atoms with Gasteiger partial charge in [-0.25, -0.2) is 17.9 Å². The predicted octanol–water partition coefficient (Wildman–Crippen LogP) is 2.47. The molecule has 0 aliphatic carbocycles. The molecule has 0 fully saturated rings. The number of carbonyl (C=O) groups is 1. The highest BCUT2D eigenvalue weighted by atomic mass is 35.5. The Hall–Kier alpha value is -2.29. The third-order valence-electron chi connectivity index (χ3n) is 3.72. The number of sulfonamides is 1. The Labute approximate surface area is 164 Å². The topological polar surface area (TPSA) is 87.7 Å². The minimum absolute atomic E-state index is 0.0745. The van der Waals surface area contributed by atoms with Crippen LogP contribution >= 0.6 is 11.6 Å². The van der Waals surface area contributed by atoms with E-state index in [2.05, 4.69) is 10.0 Å². The molecule has 0 aliphatic rings. The quantitative estimate of drug-likeness (QED) is 0.653. The summed E-state index contributed by atoms with van der Waals surface area (Å²) in [5.41, 5.74) is 0.903. The third-order valence-corrected chi connectivity index (χ3v) is 5.43. The third kappa shape index (κ3) is 6.42. The van der Waals surface area contributed by atoms with Crippen LogP contribution in [0.1, 0.15) is 5.56 Å². The number of rotatable bonds is 8. The van der Waals surface area contributed by atoms with Gasteiger partial charge in [-0.3, -0.25) is 0 Å². The van der Waals surface area contributed by atoms with E-state index in [-0.39, 0.29) is 24.0 Å². The van der Waals surface area contributed by atoms with Crippen LogP contribution in [0.3, 0.4) is 0 Å².